The molecule has 1 heterocycles. The normalized spacial score (nSPS) is 20.9. The molecule has 1 aromatic carbocycles. The summed E-state index contributed by atoms with van der Waals surface area (Å²) in [6, 6.07) is 3.33. The Morgan fingerprint density at radius 1 is 1.25 bits per heavy atom. The molecule has 112 valence electrons. The lowest BCUT2D eigenvalue weighted by Crippen LogP contribution is -2.27. The van der Waals surface area contributed by atoms with Gasteiger partial charge >= 0.3 is 0 Å². The fourth-order valence-electron chi connectivity index (χ4n) is 3.03. The molecule has 0 bridgehead atoms. The van der Waals surface area contributed by atoms with Crippen molar-refractivity contribution in [1.82, 2.24) is 0 Å². The van der Waals surface area contributed by atoms with Gasteiger partial charge in [-0.3, -0.25) is 0 Å². The lowest BCUT2D eigenvalue weighted by atomic mass is 9.77. The second kappa shape index (κ2) is 6.08. The van der Waals surface area contributed by atoms with Crippen molar-refractivity contribution in [2.45, 2.75) is 40.0 Å². The van der Waals surface area contributed by atoms with Gasteiger partial charge in [0.15, 0.2) is 0 Å². The van der Waals surface area contributed by atoms with Gasteiger partial charge in [-0.2, -0.15) is 0 Å². The summed E-state index contributed by atoms with van der Waals surface area (Å²) in [5.41, 5.74) is 7.97. The van der Waals surface area contributed by atoms with Crippen molar-refractivity contribution in [2.24, 2.45) is 11.3 Å². The first-order valence-corrected chi connectivity index (χ1v) is 8.36. The average Bonchev–Trinajstić information content (AvgIpc) is 2.59. The zero-order valence-electron chi connectivity index (χ0n) is 12.5. The molecule has 2 rings (SSSR count). The van der Waals surface area contributed by atoms with E-state index in [4.69, 9.17) is 5.73 Å². The number of nitrogens with zero attached hydrogens (tertiary/aromatic N) is 1. The standard InChI is InChI=1S/C16H24FIN2/c1-16(2,3)11-5-4-7-20(8-6-11)15-9-12(17)13(18)10-14(15)19/h9-11H,4-8,19H2,1-3H3. The Bertz CT molecular complexity index is 482. The molecule has 2 N–H and O–H groups in total. The van der Waals surface area contributed by atoms with Crippen LogP contribution in [0.4, 0.5) is 15.8 Å². The number of rotatable bonds is 1. The van der Waals surface area contributed by atoms with Crippen LogP contribution in [0, 0.1) is 20.7 Å². The van der Waals surface area contributed by atoms with Crippen molar-refractivity contribution in [1.29, 1.82) is 0 Å². The third-order valence-electron chi connectivity index (χ3n) is 4.36. The van der Waals surface area contributed by atoms with E-state index in [1.54, 1.807) is 12.1 Å². The predicted molar refractivity (Wildman–Crippen MR) is 92.5 cm³/mol. The summed E-state index contributed by atoms with van der Waals surface area (Å²) >= 11 is 1.99. The largest absolute Gasteiger partial charge is 0.397 e. The van der Waals surface area contributed by atoms with Gasteiger partial charge in [-0.05, 0) is 59.3 Å². The molecular weight excluding hydrogens is 366 g/mol. The minimum absolute atomic E-state index is 0.175. The number of nitrogen functional groups attached to an aromatic ring is 1. The summed E-state index contributed by atoms with van der Waals surface area (Å²) in [5, 5.41) is 0. The van der Waals surface area contributed by atoms with Gasteiger partial charge in [0.25, 0.3) is 0 Å². The van der Waals surface area contributed by atoms with Crippen molar-refractivity contribution in [3.8, 4) is 0 Å². The summed E-state index contributed by atoms with van der Waals surface area (Å²) in [5.74, 6) is 0.550. The molecule has 1 fully saturated rings. The van der Waals surface area contributed by atoms with E-state index in [-0.39, 0.29) is 5.82 Å². The van der Waals surface area contributed by atoms with E-state index in [0.29, 0.717) is 14.7 Å². The molecule has 1 aliphatic heterocycles. The lowest BCUT2D eigenvalue weighted by molar-refractivity contribution is 0.220. The highest BCUT2D eigenvalue weighted by Gasteiger charge is 2.27. The van der Waals surface area contributed by atoms with Gasteiger partial charge in [-0.25, -0.2) is 4.39 Å². The van der Waals surface area contributed by atoms with Crippen LogP contribution in [-0.2, 0) is 0 Å². The number of halogens is 2. The quantitative estimate of drug-likeness (QED) is 0.558. The summed E-state index contributed by atoms with van der Waals surface area (Å²) in [4.78, 5) is 2.25. The van der Waals surface area contributed by atoms with Crippen LogP contribution >= 0.6 is 22.6 Å². The molecule has 0 amide bonds. The molecular formula is C16H24FIN2. The molecule has 1 unspecified atom stereocenters. The highest BCUT2D eigenvalue weighted by Crippen LogP contribution is 2.36. The molecule has 1 saturated heterocycles. The van der Waals surface area contributed by atoms with Crippen LogP contribution in [0.1, 0.15) is 40.0 Å². The molecule has 0 aromatic heterocycles. The van der Waals surface area contributed by atoms with Gasteiger partial charge in [-0.15, -0.1) is 0 Å². The lowest BCUT2D eigenvalue weighted by Gasteiger charge is -2.30. The van der Waals surface area contributed by atoms with E-state index in [9.17, 15) is 4.39 Å². The molecule has 1 aromatic rings. The first-order valence-electron chi connectivity index (χ1n) is 7.28. The van der Waals surface area contributed by atoms with Crippen LogP contribution in [-0.4, -0.2) is 13.1 Å². The van der Waals surface area contributed by atoms with Crippen LogP contribution in [0.25, 0.3) is 0 Å². The van der Waals surface area contributed by atoms with E-state index in [0.717, 1.165) is 37.5 Å². The molecule has 0 saturated carbocycles. The Morgan fingerprint density at radius 2 is 1.95 bits per heavy atom. The van der Waals surface area contributed by atoms with Crippen LogP contribution in [0.5, 0.6) is 0 Å². The van der Waals surface area contributed by atoms with E-state index in [2.05, 4.69) is 25.7 Å². The first kappa shape index (κ1) is 15.9. The zero-order chi connectivity index (χ0) is 14.9. The van der Waals surface area contributed by atoms with Crippen molar-refractivity contribution in [3.63, 3.8) is 0 Å². The Labute approximate surface area is 135 Å². The zero-order valence-corrected chi connectivity index (χ0v) is 14.7. The SMILES string of the molecule is CC(C)(C)C1CCCN(c2cc(F)c(I)cc2N)CC1. The highest BCUT2D eigenvalue weighted by atomic mass is 127. The molecule has 0 aliphatic carbocycles. The Hall–Kier alpha value is -0.520. The number of hydrogen-bond acceptors (Lipinski definition) is 2. The van der Waals surface area contributed by atoms with Gasteiger partial charge in [-0.1, -0.05) is 20.8 Å². The Balaban J connectivity index is 2.17. The third-order valence-corrected chi connectivity index (χ3v) is 5.19. The van der Waals surface area contributed by atoms with Crippen LogP contribution in [0.2, 0.25) is 0 Å². The number of nitrogens with two attached hydrogens (primary N) is 1. The van der Waals surface area contributed by atoms with Gasteiger partial charge in [0.1, 0.15) is 5.82 Å². The van der Waals surface area contributed by atoms with E-state index in [1.165, 1.54) is 6.42 Å². The van der Waals surface area contributed by atoms with Crippen LogP contribution < -0.4 is 10.6 Å². The summed E-state index contributed by atoms with van der Waals surface area (Å²) in [6.45, 7) is 8.87. The van der Waals surface area contributed by atoms with Crippen molar-refractivity contribution in [3.05, 3.63) is 21.5 Å². The van der Waals surface area contributed by atoms with E-state index in [1.807, 2.05) is 22.6 Å². The summed E-state index contributed by atoms with van der Waals surface area (Å²) < 4.78 is 14.4. The summed E-state index contributed by atoms with van der Waals surface area (Å²) in [6.07, 6.45) is 3.54. The molecule has 2 nitrogen and oxygen atoms in total. The van der Waals surface area contributed by atoms with Crippen molar-refractivity contribution in [2.75, 3.05) is 23.7 Å². The molecule has 0 spiro atoms. The Morgan fingerprint density at radius 3 is 2.60 bits per heavy atom. The third kappa shape index (κ3) is 3.57. The topological polar surface area (TPSA) is 29.3 Å². The minimum atomic E-state index is -0.175. The van der Waals surface area contributed by atoms with Crippen molar-refractivity contribution < 1.29 is 4.39 Å². The first-order chi connectivity index (χ1) is 9.29. The Kier molecular flexibility index (Phi) is 4.82. The number of anilines is 2. The maximum Gasteiger partial charge on any atom is 0.138 e. The fourth-order valence-corrected chi connectivity index (χ4v) is 3.52. The molecule has 4 heteroatoms. The van der Waals surface area contributed by atoms with E-state index >= 15 is 0 Å². The molecule has 20 heavy (non-hydrogen) atoms. The monoisotopic (exact) mass is 390 g/mol. The molecule has 1 aliphatic rings. The number of benzene rings is 1. The van der Waals surface area contributed by atoms with Gasteiger partial charge in [0, 0.05) is 19.2 Å². The summed E-state index contributed by atoms with van der Waals surface area (Å²) in [7, 11) is 0. The highest BCUT2D eigenvalue weighted by molar-refractivity contribution is 14.1. The predicted octanol–water partition coefficient (Wildman–Crippen LogP) is 4.67. The maximum absolute atomic E-state index is 13.8. The average molecular weight is 390 g/mol. The second-order valence-electron chi connectivity index (χ2n) is 6.81. The fraction of sp³-hybridized carbons (Fsp3) is 0.625. The number of hydrogen-bond donors (Lipinski definition) is 1. The van der Waals surface area contributed by atoms with Gasteiger partial charge in [0.2, 0.25) is 0 Å². The van der Waals surface area contributed by atoms with Crippen LogP contribution in [0.3, 0.4) is 0 Å². The van der Waals surface area contributed by atoms with Gasteiger partial charge < -0.3 is 10.6 Å². The second-order valence-corrected chi connectivity index (χ2v) is 7.97. The smallest absolute Gasteiger partial charge is 0.138 e. The van der Waals surface area contributed by atoms with Crippen LogP contribution in [0.15, 0.2) is 12.1 Å². The van der Waals surface area contributed by atoms with E-state index < -0.39 is 0 Å². The maximum atomic E-state index is 13.8. The molecule has 1 atom stereocenters. The molecule has 0 radical (unpaired) electrons. The minimum Gasteiger partial charge on any atom is -0.397 e. The van der Waals surface area contributed by atoms with Crippen molar-refractivity contribution >= 4 is 34.0 Å². The van der Waals surface area contributed by atoms with Gasteiger partial charge in [0.05, 0.1) is 14.9 Å².